The summed E-state index contributed by atoms with van der Waals surface area (Å²) in [5.41, 5.74) is 6.41. The number of pyridine rings is 1. The number of aromatic nitrogens is 1. The van der Waals surface area contributed by atoms with Gasteiger partial charge in [0, 0.05) is 23.3 Å². The fourth-order valence-electron chi connectivity index (χ4n) is 1.31. The fourth-order valence-corrected chi connectivity index (χ4v) is 1.48. The lowest BCUT2D eigenvalue weighted by atomic mass is 10.1. The molecule has 0 bridgehead atoms. The molecule has 0 atom stereocenters. The van der Waals surface area contributed by atoms with Crippen molar-refractivity contribution in [1.82, 2.24) is 4.98 Å². The van der Waals surface area contributed by atoms with Crippen molar-refractivity contribution in [3.05, 3.63) is 42.2 Å². The molecule has 0 fully saturated rings. The van der Waals surface area contributed by atoms with Crippen LogP contribution in [0.5, 0.6) is 0 Å². The largest absolute Gasteiger partial charge is 0.389 e. The monoisotopic (exact) mass is 188 g/mol. The third-order valence-electron chi connectivity index (χ3n) is 1.93. The predicted octanol–water partition coefficient (Wildman–Crippen LogP) is 1.87. The zero-order valence-corrected chi connectivity index (χ0v) is 7.71. The summed E-state index contributed by atoms with van der Waals surface area (Å²) < 4.78 is 0. The number of hydrogen-bond acceptors (Lipinski definition) is 2. The van der Waals surface area contributed by atoms with Crippen LogP contribution in [0.25, 0.3) is 10.8 Å². The standard InChI is InChI=1S/C10H8N2S/c11-10(13)9-6-12-5-7-3-1-2-4-8(7)9/h1-6H,(H2,11,13). The molecule has 2 nitrogen and oxygen atoms in total. The number of thiocarbonyl (C=S) groups is 1. The highest BCUT2D eigenvalue weighted by molar-refractivity contribution is 7.80. The molecule has 0 aliphatic rings. The Kier molecular flexibility index (Phi) is 1.94. The van der Waals surface area contributed by atoms with Crippen LogP contribution in [-0.2, 0) is 0 Å². The summed E-state index contributed by atoms with van der Waals surface area (Å²) in [5.74, 6) is 0. The van der Waals surface area contributed by atoms with Crippen molar-refractivity contribution in [2.45, 2.75) is 0 Å². The third kappa shape index (κ3) is 1.38. The third-order valence-corrected chi connectivity index (χ3v) is 2.15. The van der Waals surface area contributed by atoms with Crippen LogP contribution in [0, 0.1) is 0 Å². The average Bonchev–Trinajstić information content (AvgIpc) is 2.17. The van der Waals surface area contributed by atoms with Gasteiger partial charge in [-0.3, -0.25) is 4.98 Å². The molecule has 3 heteroatoms. The highest BCUT2D eigenvalue weighted by atomic mass is 32.1. The summed E-state index contributed by atoms with van der Waals surface area (Å²) in [4.78, 5) is 4.46. The first-order valence-electron chi connectivity index (χ1n) is 3.91. The second-order valence-corrected chi connectivity index (χ2v) is 3.21. The Bertz CT molecular complexity index is 460. The Morgan fingerprint density at radius 1 is 1.23 bits per heavy atom. The summed E-state index contributed by atoms with van der Waals surface area (Å²) in [7, 11) is 0. The number of nitrogens with two attached hydrogens (primary N) is 1. The molecule has 0 amide bonds. The highest BCUT2D eigenvalue weighted by Crippen LogP contribution is 2.16. The molecule has 2 N–H and O–H groups in total. The van der Waals surface area contributed by atoms with E-state index in [0.717, 1.165) is 16.3 Å². The SMILES string of the molecule is NC(=S)c1cncc2ccccc12. The van der Waals surface area contributed by atoms with E-state index < -0.39 is 0 Å². The van der Waals surface area contributed by atoms with Gasteiger partial charge in [0.15, 0.2) is 0 Å². The van der Waals surface area contributed by atoms with Crippen LogP contribution in [0.2, 0.25) is 0 Å². The second kappa shape index (κ2) is 3.11. The molecule has 0 saturated heterocycles. The summed E-state index contributed by atoms with van der Waals surface area (Å²) in [6.07, 6.45) is 3.50. The van der Waals surface area contributed by atoms with Crippen molar-refractivity contribution in [3.8, 4) is 0 Å². The second-order valence-electron chi connectivity index (χ2n) is 2.77. The van der Waals surface area contributed by atoms with Crippen molar-refractivity contribution < 1.29 is 0 Å². The number of benzene rings is 1. The maximum Gasteiger partial charge on any atom is 0.106 e. The molecule has 0 saturated carbocycles. The molecular formula is C10H8N2S. The first kappa shape index (κ1) is 8.13. The maximum absolute atomic E-state index is 5.57. The lowest BCUT2D eigenvalue weighted by Crippen LogP contribution is -2.10. The van der Waals surface area contributed by atoms with Crippen LogP contribution in [-0.4, -0.2) is 9.97 Å². The molecular weight excluding hydrogens is 180 g/mol. The van der Waals surface area contributed by atoms with E-state index in [2.05, 4.69) is 4.98 Å². The first-order valence-corrected chi connectivity index (χ1v) is 4.32. The van der Waals surface area contributed by atoms with Gasteiger partial charge in [-0.2, -0.15) is 0 Å². The molecule has 64 valence electrons. The summed E-state index contributed by atoms with van der Waals surface area (Å²) in [6, 6.07) is 7.91. The van der Waals surface area contributed by atoms with Gasteiger partial charge in [0.1, 0.15) is 4.99 Å². The van der Waals surface area contributed by atoms with Gasteiger partial charge in [-0.1, -0.05) is 36.5 Å². The van der Waals surface area contributed by atoms with Crippen molar-refractivity contribution in [2.24, 2.45) is 5.73 Å². The number of rotatable bonds is 1. The van der Waals surface area contributed by atoms with Crippen LogP contribution in [0.3, 0.4) is 0 Å². The van der Waals surface area contributed by atoms with Crippen LogP contribution < -0.4 is 5.73 Å². The molecule has 0 aliphatic carbocycles. The summed E-state index contributed by atoms with van der Waals surface area (Å²) in [6.45, 7) is 0. The van der Waals surface area contributed by atoms with E-state index in [0.29, 0.717) is 4.99 Å². The van der Waals surface area contributed by atoms with Crippen LogP contribution >= 0.6 is 12.2 Å². The number of hydrogen-bond donors (Lipinski definition) is 1. The van der Waals surface area contributed by atoms with E-state index >= 15 is 0 Å². The lowest BCUT2D eigenvalue weighted by Gasteiger charge is -2.02. The first-order chi connectivity index (χ1) is 6.29. The number of nitrogens with zero attached hydrogens (tertiary/aromatic N) is 1. The van der Waals surface area contributed by atoms with Gasteiger partial charge in [0.2, 0.25) is 0 Å². The zero-order chi connectivity index (χ0) is 9.26. The van der Waals surface area contributed by atoms with Gasteiger partial charge in [0.05, 0.1) is 0 Å². The van der Waals surface area contributed by atoms with Crippen LogP contribution in [0.1, 0.15) is 5.56 Å². The molecule has 1 heterocycles. The Balaban J connectivity index is 2.83. The van der Waals surface area contributed by atoms with E-state index in [1.54, 1.807) is 12.4 Å². The Hall–Kier alpha value is -1.48. The molecule has 13 heavy (non-hydrogen) atoms. The predicted molar refractivity (Wildman–Crippen MR) is 57.6 cm³/mol. The topological polar surface area (TPSA) is 38.9 Å². The van der Waals surface area contributed by atoms with E-state index in [-0.39, 0.29) is 0 Å². The zero-order valence-electron chi connectivity index (χ0n) is 6.90. The molecule has 1 aromatic heterocycles. The van der Waals surface area contributed by atoms with E-state index in [9.17, 15) is 0 Å². The average molecular weight is 188 g/mol. The van der Waals surface area contributed by atoms with Crippen molar-refractivity contribution >= 4 is 28.0 Å². The quantitative estimate of drug-likeness (QED) is 0.694. The fraction of sp³-hybridized carbons (Fsp3) is 0. The molecule has 2 aromatic rings. The van der Waals surface area contributed by atoms with Gasteiger partial charge in [-0.05, 0) is 5.39 Å². The van der Waals surface area contributed by atoms with E-state index in [1.807, 2.05) is 24.3 Å². The number of fused-ring (bicyclic) bond motifs is 1. The normalized spacial score (nSPS) is 10.2. The van der Waals surface area contributed by atoms with Gasteiger partial charge in [-0.25, -0.2) is 0 Å². The summed E-state index contributed by atoms with van der Waals surface area (Å²) >= 11 is 4.93. The van der Waals surface area contributed by atoms with Gasteiger partial charge >= 0.3 is 0 Å². The van der Waals surface area contributed by atoms with E-state index in [4.69, 9.17) is 18.0 Å². The minimum absolute atomic E-state index is 0.393. The van der Waals surface area contributed by atoms with Crippen molar-refractivity contribution in [2.75, 3.05) is 0 Å². The minimum atomic E-state index is 0.393. The Morgan fingerprint density at radius 3 is 2.77 bits per heavy atom. The van der Waals surface area contributed by atoms with Gasteiger partial charge in [0.25, 0.3) is 0 Å². The van der Waals surface area contributed by atoms with Crippen LogP contribution in [0.15, 0.2) is 36.7 Å². The van der Waals surface area contributed by atoms with Crippen molar-refractivity contribution in [1.29, 1.82) is 0 Å². The van der Waals surface area contributed by atoms with Crippen molar-refractivity contribution in [3.63, 3.8) is 0 Å². The van der Waals surface area contributed by atoms with Gasteiger partial charge < -0.3 is 5.73 Å². The molecule has 1 aromatic carbocycles. The molecule has 2 rings (SSSR count). The molecule has 0 radical (unpaired) electrons. The Labute approximate surface area is 81.4 Å². The van der Waals surface area contributed by atoms with E-state index in [1.165, 1.54) is 0 Å². The maximum atomic E-state index is 5.57. The molecule has 0 spiro atoms. The molecule has 0 unspecified atom stereocenters. The lowest BCUT2D eigenvalue weighted by molar-refractivity contribution is 1.35. The van der Waals surface area contributed by atoms with Crippen LogP contribution in [0.4, 0.5) is 0 Å². The van der Waals surface area contributed by atoms with Gasteiger partial charge in [-0.15, -0.1) is 0 Å². The molecule has 0 aliphatic heterocycles. The minimum Gasteiger partial charge on any atom is -0.389 e. The highest BCUT2D eigenvalue weighted by Gasteiger charge is 2.01. The smallest absolute Gasteiger partial charge is 0.106 e. The Morgan fingerprint density at radius 2 is 2.00 bits per heavy atom. The summed E-state index contributed by atoms with van der Waals surface area (Å²) in [5, 5.41) is 2.12.